The summed E-state index contributed by atoms with van der Waals surface area (Å²) in [7, 11) is 0. The third kappa shape index (κ3) is 3.60. The molecule has 2 aromatic heterocycles. The molecule has 6 heteroatoms. The van der Waals surface area contributed by atoms with E-state index < -0.39 is 0 Å². The van der Waals surface area contributed by atoms with E-state index in [4.69, 9.17) is 0 Å². The number of anilines is 1. The lowest BCUT2D eigenvalue weighted by atomic mass is 10.0. The molecule has 1 aromatic carbocycles. The summed E-state index contributed by atoms with van der Waals surface area (Å²) in [4.78, 5) is 33.9. The Morgan fingerprint density at radius 2 is 1.93 bits per heavy atom. The lowest BCUT2D eigenvalue weighted by Gasteiger charge is -2.16. The van der Waals surface area contributed by atoms with E-state index in [1.807, 2.05) is 39.0 Å². The van der Waals surface area contributed by atoms with Crippen LogP contribution in [0.3, 0.4) is 0 Å². The zero-order valence-electron chi connectivity index (χ0n) is 16.1. The molecule has 0 spiro atoms. The van der Waals surface area contributed by atoms with Gasteiger partial charge in [0.05, 0.1) is 11.1 Å². The van der Waals surface area contributed by atoms with Gasteiger partial charge in [-0.15, -0.1) is 0 Å². The highest BCUT2D eigenvalue weighted by atomic mass is 16.2. The van der Waals surface area contributed by atoms with E-state index in [1.54, 1.807) is 29.8 Å². The van der Waals surface area contributed by atoms with Crippen LogP contribution in [-0.4, -0.2) is 20.4 Å². The lowest BCUT2D eigenvalue weighted by molar-refractivity contribution is -0.120. The van der Waals surface area contributed by atoms with Crippen molar-refractivity contribution in [2.45, 2.75) is 40.5 Å². The number of nitrogens with zero attached hydrogens (tertiary/aromatic N) is 3. The summed E-state index contributed by atoms with van der Waals surface area (Å²) in [6.07, 6.45) is 3.25. The third-order valence-electron chi connectivity index (χ3n) is 4.89. The quantitative estimate of drug-likeness (QED) is 0.747. The molecule has 27 heavy (non-hydrogen) atoms. The minimum Gasteiger partial charge on any atom is -0.326 e. The van der Waals surface area contributed by atoms with Crippen LogP contribution in [0.2, 0.25) is 0 Å². The van der Waals surface area contributed by atoms with Crippen molar-refractivity contribution in [1.82, 2.24) is 14.5 Å². The van der Waals surface area contributed by atoms with Gasteiger partial charge in [-0.1, -0.05) is 13.8 Å². The molecule has 0 radical (unpaired) electrons. The van der Waals surface area contributed by atoms with Crippen molar-refractivity contribution < 1.29 is 4.79 Å². The van der Waals surface area contributed by atoms with Gasteiger partial charge < -0.3 is 5.32 Å². The van der Waals surface area contributed by atoms with Gasteiger partial charge in [-0.25, -0.2) is 9.97 Å². The summed E-state index contributed by atoms with van der Waals surface area (Å²) < 4.78 is 1.57. The van der Waals surface area contributed by atoms with Crippen molar-refractivity contribution in [1.29, 1.82) is 0 Å². The molecule has 3 aromatic rings. The first-order chi connectivity index (χ1) is 13.0. The Kier molecular flexibility index (Phi) is 5.35. The molecule has 1 amide bonds. The van der Waals surface area contributed by atoms with E-state index in [9.17, 15) is 9.59 Å². The number of amides is 1. The fourth-order valence-electron chi connectivity index (χ4n) is 3.25. The second kappa shape index (κ2) is 7.70. The number of pyridine rings is 1. The van der Waals surface area contributed by atoms with Crippen LogP contribution in [0.1, 0.15) is 38.1 Å². The number of hydrogen-bond donors (Lipinski definition) is 1. The number of rotatable bonds is 5. The van der Waals surface area contributed by atoms with Crippen LogP contribution in [0, 0.1) is 19.8 Å². The minimum atomic E-state index is -0.154. The Morgan fingerprint density at radius 3 is 2.59 bits per heavy atom. The molecule has 0 saturated carbocycles. The first kappa shape index (κ1) is 18.8. The summed E-state index contributed by atoms with van der Waals surface area (Å²) in [5, 5.41) is 3.48. The summed E-state index contributed by atoms with van der Waals surface area (Å²) in [6, 6.07) is 9.01. The van der Waals surface area contributed by atoms with E-state index in [1.165, 1.54) is 0 Å². The van der Waals surface area contributed by atoms with E-state index in [0.717, 1.165) is 24.1 Å². The minimum absolute atomic E-state index is 0.00567. The van der Waals surface area contributed by atoms with Gasteiger partial charge in [0.25, 0.3) is 5.56 Å². The van der Waals surface area contributed by atoms with Gasteiger partial charge in [0, 0.05) is 17.8 Å². The van der Waals surface area contributed by atoms with E-state index in [0.29, 0.717) is 22.5 Å². The summed E-state index contributed by atoms with van der Waals surface area (Å²) >= 11 is 0. The maximum Gasteiger partial charge on any atom is 0.267 e. The van der Waals surface area contributed by atoms with Crippen LogP contribution in [0.25, 0.3) is 16.7 Å². The second-order valence-corrected chi connectivity index (χ2v) is 6.68. The lowest BCUT2D eigenvalue weighted by Crippen LogP contribution is -2.23. The van der Waals surface area contributed by atoms with Crippen LogP contribution in [0.5, 0.6) is 0 Å². The molecule has 1 N–H and O–H groups in total. The molecule has 0 aliphatic carbocycles. The molecule has 2 heterocycles. The first-order valence-corrected chi connectivity index (χ1v) is 9.22. The van der Waals surface area contributed by atoms with Crippen molar-refractivity contribution in [3.8, 4) is 5.69 Å². The number of carbonyl (C=O) groups excluding carboxylic acids is 1. The van der Waals surface area contributed by atoms with Crippen LogP contribution in [0.4, 0.5) is 5.69 Å². The number of carbonyl (C=O) groups is 1. The molecule has 0 saturated heterocycles. The molecule has 0 unspecified atom stereocenters. The monoisotopic (exact) mass is 364 g/mol. The molecule has 3 rings (SSSR count). The number of aryl methyl sites for hydroxylation is 2. The van der Waals surface area contributed by atoms with Crippen LogP contribution < -0.4 is 10.9 Å². The number of nitrogens with one attached hydrogen (secondary N) is 1. The first-order valence-electron chi connectivity index (χ1n) is 9.22. The van der Waals surface area contributed by atoms with Crippen molar-refractivity contribution in [2.24, 2.45) is 5.92 Å². The third-order valence-corrected chi connectivity index (χ3v) is 4.89. The second-order valence-electron chi connectivity index (χ2n) is 6.68. The maximum absolute atomic E-state index is 12.9. The van der Waals surface area contributed by atoms with Gasteiger partial charge in [0.1, 0.15) is 5.82 Å². The molecule has 0 aliphatic heterocycles. The normalized spacial score (nSPS) is 11.1. The van der Waals surface area contributed by atoms with Crippen molar-refractivity contribution >= 4 is 22.6 Å². The number of aromatic nitrogens is 3. The van der Waals surface area contributed by atoms with Crippen LogP contribution in [-0.2, 0) is 4.79 Å². The van der Waals surface area contributed by atoms with Crippen molar-refractivity contribution in [3.05, 3.63) is 58.3 Å². The molecular weight excluding hydrogens is 340 g/mol. The van der Waals surface area contributed by atoms with Crippen molar-refractivity contribution in [3.63, 3.8) is 0 Å². The molecule has 0 bridgehead atoms. The Balaban J connectivity index is 2.00. The molecule has 0 atom stereocenters. The van der Waals surface area contributed by atoms with E-state index >= 15 is 0 Å². The highest BCUT2D eigenvalue weighted by molar-refractivity contribution is 5.93. The molecule has 140 valence electrons. The average molecular weight is 364 g/mol. The number of hydrogen-bond acceptors (Lipinski definition) is 4. The highest BCUT2D eigenvalue weighted by Gasteiger charge is 2.16. The average Bonchev–Trinajstić information content (AvgIpc) is 2.65. The topological polar surface area (TPSA) is 76.9 Å². The Bertz CT molecular complexity index is 1050. The zero-order chi connectivity index (χ0) is 19.6. The zero-order valence-corrected chi connectivity index (χ0v) is 16.1. The van der Waals surface area contributed by atoms with E-state index in [2.05, 4.69) is 15.3 Å². The molecule has 0 aliphatic rings. The summed E-state index contributed by atoms with van der Waals surface area (Å²) in [5.74, 6) is 0.605. The fourth-order valence-corrected chi connectivity index (χ4v) is 3.25. The summed E-state index contributed by atoms with van der Waals surface area (Å²) in [5.41, 5.74) is 2.66. The maximum atomic E-state index is 12.9. The molecule has 6 nitrogen and oxygen atoms in total. The van der Waals surface area contributed by atoms with Crippen LogP contribution in [0.15, 0.2) is 41.3 Å². The highest BCUT2D eigenvalue weighted by Crippen LogP contribution is 2.21. The Morgan fingerprint density at radius 1 is 1.19 bits per heavy atom. The van der Waals surface area contributed by atoms with Crippen molar-refractivity contribution in [2.75, 3.05) is 5.32 Å². The number of benzene rings is 1. The van der Waals surface area contributed by atoms with Gasteiger partial charge in [0.15, 0.2) is 5.65 Å². The SMILES string of the molecule is CCC(CC)C(=O)Nc1ccc(-n2c(C)nc3ncccc3c2=O)cc1C. The number of fused-ring (bicyclic) bond motifs is 1. The smallest absolute Gasteiger partial charge is 0.267 e. The standard InChI is InChI=1S/C21H24N4O2/c1-5-15(6-2)20(26)24-18-10-9-16(12-13(18)3)25-14(4)23-19-17(21(25)27)8-7-11-22-19/h7-12,15H,5-6H2,1-4H3,(H,24,26). The molecular formula is C21H24N4O2. The predicted molar refractivity (Wildman–Crippen MR) is 107 cm³/mol. The van der Waals surface area contributed by atoms with Crippen LogP contribution >= 0.6 is 0 Å². The van der Waals surface area contributed by atoms with Gasteiger partial charge in [-0.2, -0.15) is 0 Å². The van der Waals surface area contributed by atoms with E-state index in [-0.39, 0.29) is 17.4 Å². The Hall–Kier alpha value is -3.02. The largest absolute Gasteiger partial charge is 0.326 e. The van der Waals surface area contributed by atoms with Gasteiger partial charge in [0.2, 0.25) is 5.91 Å². The van der Waals surface area contributed by atoms with Gasteiger partial charge >= 0.3 is 0 Å². The summed E-state index contributed by atoms with van der Waals surface area (Å²) in [6.45, 7) is 7.73. The van der Waals surface area contributed by atoms with Gasteiger partial charge in [-0.3, -0.25) is 14.2 Å². The van der Waals surface area contributed by atoms with Gasteiger partial charge in [-0.05, 0) is 62.6 Å². The predicted octanol–water partition coefficient (Wildman–Crippen LogP) is 3.77. The fraction of sp³-hybridized carbons (Fsp3) is 0.333. The molecule has 0 fully saturated rings. The Labute approximate surface area is 158 Å².